The summed E-state index contributed by atoms with van der Waals surface area (Å²) in [6, 6.07) is 6.29. The second-order valence-electron chi connectivity index (χ2n) is 8.13. The molecule has 0 unspecified atom stereocenters. The van der Waals surface area contributed by atoms with E-state index in [1.54, 1.807) is 0 Å². The number of fused-ring (bicyclic) bond motifs is 1. The maximum absolute atomic E-state index is 12.4. The van der Waals surface area contributed by atoms with Gasteiger partial charge in [-0.15, -0.1) is 0 Å². The number of carbonyl (C=O) groups excluding carboxylic acids is 1. The molecule has 1 saturated heterocycles. The van der Waals surface area contributed by atoms with Crippen LogP contribution in [0.5, 0.6) is 0 Å². The molecule has 0 atom stereocenters. The van der Waals surface area contributed by atoms with Crippen LogP contribution in [-0.4, -0.2) is 34.5 Å². The van der Waals surface area contributed by atoms with E-state index in [9.17, 15) is 4.79 Å². The maximum Gasteiger partial charge on any atom is 0.226 e. The Morgan fingerprint density at radius 3 is 2.48 bits per heavy atom. The lowest BCUT2D eigenvalue weighted by Gasteiger charge is -2.33. The lowest BCUT2D eigenvalue weighted by Crippen LogP contribution is -2.47. The molecular weight excluding hydrogens is 312 g/mol. The first kappa shape index (κ1) is 17.6. The molecule has 0 bridgehead atoms. The molecule has 2 aromatic rings. The van der Waals surface area contributed by atoms with E-state index in [0.29, 0.717) is 0 Å². The van der Waals surface area contributed by atoms with Crippen LogP contribution < -0.4 is 10.2 Å². The van der Waals surface area contributed by atoms with Crippen LogP contribution in [-0.2, 0) is 4.79 Å². The summed E-state index contributed by atoms with van der Waals surface area (Å²) in [7, 11) is 0. The number of anilines is 1. The van der Waals surface area contributed by atoms with Gasteiger partial charge in [0.15, 0.2) is 0 Å². The van der Waals surface area contributed by atoms with Gasteiger partial charge >= 0.3 is 0 Å². The highest BCUT2D eigenvalue weighted by Gasteiger charge is 2.28. The van der Waals surface area contributed by atoms with Gasteiger partial charge in [0.05, 0.1) is 11.2 Å². The van der Waals surface area contributed by atoms with Crippen LogP contribution >= 0.6 is 0 Å². The first-order valence-corrected chi connectivity index (χ1v) is 9.05. The Morgan fingerprint density at radius 1 is 1.16 bits per heavy atom. The van der Waals surface area contributed by atoms with Gasteiger partial charge < -0.3 is 10.2 Å². The molecule has 0 aliphatic carbocycles. The van der Waals surface area contributed by atoms with E-state index in [2.05, 4.69) is 35.3 Å². The number of hydrogen-bond acceptors (Lipinski definition) is 4. The van der Waals surface area contributed by atoms with Crippen LogP contribution in [0.25, 0.3) is 10.9 Å². The molecule has 1 N–H and O–H groups in total. The van der Waals surface area contributed by atoms with E-state index >= 15 is 0 Å². The standard InChI is InChI=1S/C20H28N4O/c1-13-6-7-16-14(2)21-19(22-17(16)12-13)24-10-8-15(9-11-24)18(25)23-20(3,4)5/h6-7,12,15H,8-11H2,1-5H3,(H,23,25). The van der Waals surface area contributed by atoms with Gasteiger partial charge in [-0.05, 0) is 59.1 Å². The predicted molar refractivity (Wildman–Crippen MR) is 102 cm³/mol. The highest BCUT2D eigenvalue weighted by Crippen LogP contribution is 2.25. The number of hydrogen-bond donors (Lipinski definition) is 1. The van der Waals surface area contributed by atoms with Crippen LogP contribution in [0.3, 0.4) is 0 Å². The third-order valence-electron chi connectivity index (χ3n) is 4.68. The van der Waals surface area contributed by atoms with Gasteiger partial charge in [0, 0.05) is 29.9 Å². The molecule has 1 aromatic heterocycles. The summed E-state index contributed by atoms with van der Waals surface area (Å²) in [6.45, 7) is 11.8. The minimum Gasteiger partial charge on any atom is -0.351 e. The van der Waals surface area contributed by atoms with Crippen LogP contribution in [0.15, 0.2) is 18.2 Å². The zero-order chi connectivity index (χ0) is 18.2. The van der Waals surface area contributed by atoms with Crippen molar-refractivity contribution in [3.05, 3.63) is 29.5 Å². The molecule has 1 amide bonds. The zero-order valence-electron chi connectivity index (χ0n) is 15.9. The lowest BCUT2D eigenvalue weighted by molar-refractivity contribution is -0.127. The summed E-state index contributed by atoms with van der Waals surface area (Å²) in [6.07, 6.45) is 1.69. The Balaban J connectivity index is 1.73. The Bertz CT molecular complexity index is 786. The number of aromatic nitrogens is 2. The molecule has 1 aromatic carbocycles. The van der Waals surface area contributed by atoms with Crippen molar-refractivity contribution in [2.75, 3.05) is 18.0 Å². The molecule has 0 radical (unpaired) electrons. The van der Waals surface area contributed by atoms with Crippen LogP contribution in [0.4, 0.5) is 5.95 Å². The summed E-state index contributed by atoms with van der Waals surface area (Å²) in [4.78, 5) is 24.0. The van der Waals surface area contributed by atoms with Gasteiger partial charge in [0.2, 0.25) is 11.9 Å². The highest BCUT2D eigenvalue weighted by atomic mass is 16.2. The Morgan fingerprint density at radius 2 is 1.84 bits per heavy atom. The molecule has 1 aliphatic rings. The molecule has 25 heavy (non-hydrogen) atoms. The number of nitrogens with zero attached hydrogens (tertiary/aromatic N) is 3. The number of aryl methyl sites for hydroxylation is 2. The normalized spacial score (nSPS) is 16.3. The third-order valence-corrected chi connectivity index (χ3v) is 4.68. The zero-order valence-corrected chi connectivity index (χ0v) is 15.9. The summed E-state index contributed by atoms with van der Waals surface area (Å²) >= 11 is 0. The largest absolute Gasteiger partial charge is 0.351 e. The molecule has 2 heterocycles. The van der Waals surface area contributed by atoms with Crippen molar-refractivity contribution >= 4 is 22.8 Å². The smallest absolute Gasteiger partial charge is 0.226 e. The summed E-state index contributed by atoms with van der Waals surface area (Å²) in [5.41, 5.74) is 3.03. The quantitative estimate of drug-likeness (QED) is 0.910. The predicted octanol–water partition coefficient (Wildman–Crippen LogP) is 3.38. The number of nitrogens with one attached hydrogen (secondary N) is 1. The van der Waals surface area contributed by atoms with Crippen molar-refractivity contribution in [1.82, 2.24) is 15.3 Å². The number of amides is 1. The van der Waals surface area contributed by atoms with Crippen molar-refractivity contribution in [3.63, 3.8) is 0 Å². The SMILES string of the molecule is Cc1ccc2c(C)nc(N3CCC(C(=O)NC(C)(C)C)CC3)nc2c1. The van der Waals surface area contributed by atoms with E-state index in [0.717, 1.165) is 48.5 Å². The Labute approximate surface area is 149 Å². The minimum atomic E-state index is -0.176. The summed E-state index contributed by atoms with van der Waals surface area (Å²) < 4.78 is 0. The molecule has 1 fully saturated rings. The maximum atomic E-state index is 12.4. The fourth-order valence-corrected chi connectivity index (χ4v) is 3.34. The van der Waals surface area contributed by atoms with Crippen molar-refractivity contribution in [1.29, 1.82) is 0 Å². The molecule has 3 rings (SSSR count). The molecule has 1 aliphatic heterocycles. The average Bonchev–Trinajstić information content (AvgIpc) is 2.53. The summed E-state index contributed by atoms with van der Waals surface area (Å²) in [5.74, 6) is 1.03. The van der Waals surface area contributed by atoms with Crippen molar-refractivity contribution in [2.24, 2.45) is 5.92 Å². The van der Waals surface area contributed by atoms with Crippen LogP contribution in [0, 0.1) is 19.8 Å². The molecule has 0 saturated carbocycles. The van der Waals surface area contributed by atoms with E-state index in [4.69, 9.17) is 9.97 Å². The highest BCUT2D eigenvalue weighted by molar-refractivity contribution is 5.82. The van der Waals surface area contributed by atoms with Gasteiger partial charge in [0.1, 0.15) is 0 Å². The monoisotopic (exact) mass is 340 g/mol. The lowest BCUT2D eigenvalue weighted by atomic mass is 9.94. The molecule has 134 valence electrons. The van der Waals surface area contributed by atoms with Gasteiger partial charge in [-0.1, -0.05) is 12.1 Å². The van der Waals surface area contributed by atoms with Crippen LogP contribution in [0.1, 0.15) is 44.9 Å². The molecule has 5 heteroatoms. The number of benzene rings is 1. The topological polar surface area (TPSA) is 58.1 Å². The van der Waals surface area contributed by atoms with E-state index in [1.807, 2.05) is 27.7 Å². The first-order valence-electron chi connectivity index (χ1n) is 9.05. The van der Waals surface area contributed by atoms with E-state index < -0.39 is 0 Å². The van der Waals surface area contributed by atoms with Crippen molar-refractivity contribution in [3.8, 4) is 0 Å². The molecule has 5 nitrogen and oxygen atoms in total. The molecular formula is C20H28N4O. The Hall–Kier alpha value is -2.17. The molecule has 0 spiro atoms. The fraction of sp³-hybridized carbons (Fsp3) is 0.550. The van der Waals surface area contributed by atoms with Crippen molar-refractivity contribution < 1.29 is 4.79 Å². The third kappa shape index (κ3) is 4.09. The fourth-order valence-electron chi connectivity index (χ4n) is 3.34. The van der Waals surface area contributed by atoms with E-state index in [-0.39, 0.29) is 17.4 Å². The number of piperidine rings is 1. The second kappa shape index (κ2) is 6.62. The van der Waals surface area contributed by atoms with Crippen molar-refractivity contribution in [2.45, 2.75) is 53.0 Å². The minimum absolute atomic E-state index is 0.0827. The average molecular weight is 340 g/mol. The Kier molecular flexibility index (Phi) is 4.67. The van der Waals surface area contributed by atoms with Crippen LogP contribution in [0.2, 0.25) is 0 Å². The number of rotatable bonds is 2. The first-order chi connectivity index (χ1) is 11.7. The van der Waals surface area contributed by atoms with Gasteiger partial charge in [-0.25, -0.2) is 9.97 Å². The number of carbonyl (C=O) groups is 1. The van der Waals surface area contributed by atoms with Gasteiger partial charge in [-0.3, -0.25) is 4.79 Å². The summed E-state index contributed by atoms with van der Waals surface area (Å²) in [5, 5.41) is 4.20. The van der Waals surface area contributed by atoms with E-state index in [1.165, 1.54) is 5.56 Å². The van der Waals surface area contributed by atoms with Gasteiger partial charge in [-0.2, -0.15) is 0 Å². The second-order valence-corrected chi connectivity index (χ2v) is 8.13. The van der Waals surface area contributed by atoms with Gasteiger partial charge in [0.25, 0.3) is 0 Å².